The van der Waals surface area contributed by atoms with E-state index < -0.39 is 4.92 Å². The van der Waals surface area contributed by atoms with Gasteiger partial charge in [0.25, 0.3) is 5.69 Å². The minimum atomic E-state index is -0.504. The number of rotatable bonds is 8. The van der Waals surface area contributed by atoms with Crippen LogP contribution in [0.5, 0.6) is 0 Å². The SMILES string of the molecule is CCOCCN(C)CC(=O)c1cccc([N+](=O)[O-])c1. The predicted molar refractivity (Wildman–Crippen MR) is 71.4 cm³/mol. The van der Waals surface area contributed by atoms with Crippen LogP contribution in [0, 0.1) is 10.1 Å². The van der Waals surface area contributed by atoms with Crippen molar-refractivity contribution >= 4 is 11.5 Å². The van der Waals surface area contributed by atoms with Gasteiger partial charge in [0.1, 0.15) is 0 Å². The van der Waals surface area contributed by atoms with Gasteiger partial charge in [-0.05, 0) is 14.0 Å². The second kappa shape index (κ2) is 7.60. The Kier molecular flexibility index (Phi) is 6.11. The number of ketones is 1. The Labute approximate surface area is 112 Å². The van der Waals surface area contributed by atoms with E-state index in [0.717, 1.165) is 0 Å². The molecule has 0 amide bonds. The molecule has 0 heterocycles. The van der Waals surface area contributed by atoms with E-state index in [4.69, 9.17) is 4.74 Å². The molecule has 0 radical (unpaired) electrons. The van der Waals surface area contributed by atoms with Crippen LogP contribution in [0.3, 0.4) is 0 Å². The Balaban J connectivity index is 2.57. The van der Waals surface area contributed by atoms with Crippen LogP contribution in [0.25, 0.3) is 0 Å². The number of benzene rings is 1. The first-order chi connectivity index (χ1) is 9.04. The molecular formula is C13H18N2O4. The second-order valence-electron chi connectivity index (χ2n) is 4.17. The van der Waals surface area contributed by atoms with Gasteiger partial charge in [-0.25, -0.2) is 0 Å². The number of carbonyl (C=O) groups excluding carboxylic acids is 1. The monoisotopic (exact) mass is 266 g/mol. The molecule has 0 unspecified atom stereocenters. The highest BCUT2D eigenvalue weighted by Gasteiger charge is 2.13. The van der Waals surface area contributed by atoms with E-state index in [-0.39, 0.29) is 18.0 Å². The van der Waals surface area contributed by atoms with Crippen molar-refractivity contribution in [1.82, 2.24) is 4.90 Å². The number of likely N-dealkylation sites (N-methyl/N-ethyl adjacent to an activating group) is 1. The van der Waals surface area contributed by atoms with Crippen molar-refractivity contribution in [2.45, 2.75) is 6.92 Å². The highest BCUT2D eigenvalue weighted by molar-refractivity contribution is 5.98. The van der Waals surface area contributed by atoms with Crippen LogP contribution >= 0.6 is 0 Å². The average Bonchev–Trinajstić information content (AvgIpc) is 2.39. The van der Waals surface area contributed by atoms with Gasteiger partial charge in [0.15, 0.2) is 5.78 Å². The molecule has 1 rings (SSSR count). The van der Waals surface area contributed by atoms with E-state index in [1.54, 1.807) is 6.07 Å². The molecule has 0 aliphatic heterocycles. The third-order valence-corrected chi connectivity index (χ3v) is 2.61. The van der Waals surface area contributed by atoms with Gasteiger partial charge in [0, 0.05) is 30.8 Å². The zero-order valence-corrected chi connectivity index (χ0v) is 11.2. The van der Waals surface area contributed by atoms with E-state index in [0.29, 0.717) is 25.3 Å². The molecule has 6 nitrogen and oxygen atoms in total. The van der Waals surface area contributed by atoms with Gasteiger partial charge < -0.3 is 4.74 Å². The summed E-state index contributed by atoms with van der Waals surface area (Å²) in [6, 6.07) is 5.78. The molecule has 104 valence electrons. The maximum atomic E-state index is 12.0. The minimum absolute atomic E-state index is 0.0668. The lowest BCUT2D eigenvalue weighted by atomic mass is 10.1. The zero-order chi connectivity index (χ0) is 14.3. The molecule has 0 spiro atoms. The molecule has 1 aromatic carbocycles. The number of hydrogen-bond donors (Lipinski definition) is 0. The first kappa shape index (κ1) is 15.3. The normalized spacial score (nSPS) is 10.7. The number of non-ortho nitro benzene ring substituents is 1. The summed E-state index contributed by atoms with van der Waals surface area (Å²) in [4.78, 5) is 23.9. The van der Waals surface area contributed by atoms with Crippen LogP contribution < -0.4 is 0 Å². The molecule has 19 heavy (non-hydrogen) atoms. The smallest absolute Gasteiger partial charge is 0.270 e. The van der Waals surface area contributed by atoms with Gasteiger partial charge in [-0.3, -0.25) is 19.8 Å². The minimum Gasteiger partial charge on any atom is -0.380 e. The van der Waals surface area contributed by atoms with Crippen molar-refractivity contribution in [2.75, 3.05) is 33.4 Å². The third kappa shape index (κ3) is 5.15. The number of nitrogens with zero attached hydrogens (tertiary/aromatic N) is 2. The van der Waals surface area contributed by atoms with Crippen LogP contribution in [0.15, 0.2) is 24.3 Å². The molecule has 0 aliphatic rings. The molecule has 1 aromatic rings. The predicted octanol–water partition coefficient (Wildman–Crippen LogP) is 1.75. The summed E-state index contributed by atoms with van der Waals surface area (Å²) in [7, 11) is 1.81. The largest absolute Gasteiger partial charge is 0.380 e. The Morgan fingerprint density at radius 3 is 2.84 bits per heavy atom. The van der Waals surface area contributed by atoms with Gasteiger partial charge in [0.05, 0.1) is 18.1 Å². The summed E-state index contributed by atoms with van der Waals surface area (Å²) in [5.41, 5.74) is 0.292. The van der Waals surface area contributed by atoms with Crippen molar-refractivity contribution in [3.63, 3.8) is 0 Å². The van der Waals surface area contributed by atoms with Crippen molar-refractivity contribution in [3.8, 4) is 0 Å². The van der Waals surface area contributed by atoms with Gasteiger partial charge in [-0.1, -0.05) is 12.1 Å². The Morgan fingerprint density at radius 1 is 1.47 bits per heavy atom. The van der Waals surface area contributed by atoms with Crippen LogP contribution in [0.1, 0.15) is 17.3 Å². The number of nitro benzene ring substituents is 1. The summed E-state index contributed by atoms with van der Waals surface area (Å²) in [6.45, 7) is 3.99. The highest BCUT2D eigenvalue weighted by atomic mass is 16.6. The summed E-state index contributed by atoms with van der Waals surface area (Å²) in [5.74, 6) is -0.136. The molecule has 0 aromatic heterocycles. The Morgan fingerprint density at radius 2 is 2.21 bits per heavy atom. The van der Waals surface area contributed by atoms with Crippen molar-refractivity contribution in [1.29, 1.82) is 0 Å². The number of Topliss-reactive ketones (excluding diaryl/α,β-unsaturated/α-hetero) is 1. The third-order valence-electron chi connectivity index (χ3n) is 2.61. The number of nitro groups is 1. The van der Waals surface area contributed by atoms with Crippen molar-refractivity contribution in [2.24, 2.45) is 0 Å². The molecule has 0 fully saturated rings. The van der Waals surface area contributed by atoms with Gasteiger partial charge >= 0.3 is 0 Å². The maximum Gasteiger partial charge on any atom is 0.270 e. The lowest BCUT2D eigenvalue weighted by Gasteiger charge is -2.15. The highest BCUT2D eigenvalue weighted by Crippen LogP contribution is 2.13. The molecule has 0 aliphatic carbocycles. The fourth-order valence-electron chi connectivity index (χ4n) is 1.57. The lowest BCUT2D eigenvalue weighted by Crippen LogP contribution is -2.29. The molecule has 6 heteroatoms. The van der Waals surface area contributed by atoms with E-state index in [9.17, 15) is 14.9 Å². The van der Waals surface area contributed by atoms with Gasteiger partial charge in [0.2, 0.25) is 0 Å². The number of carbonyl (C=O) groups is 1. The molecular weight excluding hydrogens is 248 g/mol. The fraction of sp³-hybridized carbons (Fsp3) is 0.462. The molecule has 0 saturated carbocycles. The van der Waals surface area contributed by atoms with Gasteiger partial charge in [-0.2, -0.15) is 0 Å². The van der Waals surface area contributed by atoms with Gasteiger partial charge in [-0.15, -0.1) is 0 Å². The average molecular weight is 266 g/mol. The molecule has 0 N–H and O–H groups in total. The summed E-state index contributed by atoms with van der Waals surface area (Å²) in [5, 5.41) is 10.6. The number of ether oxygens (including phenoxy) is 1. The number of hydrogen-bond acceptors (Lipinski definition) is 5. The van der Waals surface area contributed by atoms with Crippen LogP contribution in [0.4, 0.5) is 5.69 Å². The summed E-state index contributed by atoms with van der Waals surface area (Å²) < 4.78 is 5.20. The summed E-state index contributed by atoms with van der Waals surface area (Å²) >= 11 is 0. The fourth-order valence-corrected chi connectivity index (χ4v) is 1.57. The first-order valence-corrected chi connectivity index (χ1v) is 6.08. The van der Waals surface area contributed by atoms with Crippen LogP contribution in [-0.2, 0) is 4.74 Å². The second-order valence-corrected chi connectivity index (χ2v) is 4.17. The summed E-state index contributed by atoms with van der Waals surface area (Å²) in [6.07, 6.45) is 0. The Bertz CT molecular complexity index is 448. The van der Waals surface area contributed by atoms with E-state index in [1.165, 1.54) is 18.2 Å². The van der Waals surface area contributed by atoms with Crippen LogP contribution in [-0.4, -0.2) is 49.0 Å². The molecule has 0 bridgehead atoms. The first-order valence-electron chi connectivity index (χ1n) is 6.08. The van der Waals surface area contributed by atoms with Crippen molar-refractivity contribution < 1.29 is 14.5 Å². The topological polar surface area (TPSA) is 72.7 Å². The molecule has 0 saturated heterocycles. The lowest BCUT2D eigenvalue weighted by molar-refractivity contribution is -0.384. The van der Waals surface area contributed by atoms with E-state index >= 15 is 0 Å². The quantitative estimate of drug-likeness (QED) is 0.310. The Hall–Kier alpha value is -1.79. The zero-order valence-electron chi connectivity index (χ0n) is 11.2. The van der Waals surface area contributed by atoms with E-state index in [1.807, 2.05) is 18.9 Å². The van der Waals surface area contributed by atoms with E-state index in [2.05, 4.69) is 0 Å². The van der Waals surface area contributed by atoms with Crippen LogP contribution in [0.2, 0.25) is 0 Å². The van der Waals surface area contributed by atoms with Crippen molar-refractivity contribution in [3.05, 3.63) is 39.9 Å². The standard InChI is InChI=1S/C13H18N2O4/c1-3-19-8-7-14(2)10-13(16)11-5-4-6-12(9-11)15(17)18/h4-6,9H,3,7-8,10H2,1-2H3. The molecule has 0 atom stereocenters. The maximum absolute atomic E-state index is 12.0.